The number of aryl methyl sites for hydroxylation is 1. The zero-order chi connectivity index (χ0) is 20.4. The molecule has 2 nitrogen and oxygen atoms in total. The van der Waals surface area contributed by atoms with Crippen LogP contribution in [0.25, 0.3) is 0 Å². The van der Waals surface area contributed by atoms with Crippen LogP contribution in [0.15, 0.2) is 41.5 Å². The first-order chi connectivity index (χ1) is 13.6. The molecule has 0 fully saturated rings. The third-order valence-corrected chi connectivity index (χ3v) is 6.02. The second-order valence-electron chi connectivity index (χ2n) is 7.85. The molecule has 0 aromatic heterocycles. The Balaban J connectivity index is 2.23. The predicted molar refractivity (Wildman–Crippen MR) is 123 cm³/mol. The number of hydrogen-bond donors (Lipinski definition) is 1. The van der Waals surface area contributed by atoms with Crippen molar-refractivity contribution in [3.05, 3.63) is 52.6 Å². The SMILES string of the molecule is CCCCC1=CC(CCCC)C(Cc2cc(CCCC)ccc2OP(O)Cl)=C1. The van der Waals surface area contributed by atoms with Gasteiger partial charge in [-0.05, 0) is 72.9 Å². The van der Waals surface area contributed by atoms with Gasteiger partial charge < -0.3 is 9.42 Å². The molecule has 2 unspecified atom stereocenters. The van der Waals surface area contributed by atoms with Gasteiger partial charge in [0.25, 0.3) is 0 Å². The lowest BCUT2D eigenvalue weighted by atomic mass is 9.90. The average Bonchev–Trinajstić information content (AvgIpc) is 3.06. The number of benzene rings is 1. The Morgan fingerprint density at radius 1 is 1.04 bits per heavy atom. The number of hydrogen-bond acceptors (Lipinski definition) is 2. The lowest BCUT2D eigenvalue weighted by Crippen LogP contribution is -2.03. The summed E-state index contributed by atoms with van der Waals surface area (Å²) in [6.45, 7) is 6.72. The van der Waals surface area contributed by atoms with Gasteiger partial charge in [-0.3, -0.25) is 0 Å². The lowest BCUT2D eigenvalue weighted by Gasteiger charge is -2.17. The summed E-state index contributed by atoms with van der Waals surface area (Å²) in [5, 5.41) is 0. The van der Waals surface area contributed by atoms with Crippen LogP contribution in [0.4, 0.5) is 0 Å². The molecule has 4 heteroatoms. The van der Waals surface area contributed by atoms with Gasteiger partial charge in [-0.15, -0.1) is 0 Å². The number of unbranched alkanes of at least 4 members (excludes halogenated alkanes) is 3. The zero-order valence-electron chi connectivity index (χ0n) is 17.7. The fourth-order valence-electron chi connectivity index (χ4n) is 3.87. The minimum atomic E-state index is -1.93. The summed E-state index contributed by atoms with van der Waals surface area (Å²) >= 11 is 5.78. The summed E-state index contributed by atoms with van der Waals surface area (Å²) in [7, 11) is -1.93. The van der Waals surface area contributed by atoms with Crippen LogP contribution >= 0.6 is 19.0 Å². The van der Waals surface area contributed by atoms with Gasteiger partial charge in [-0.1, -0.05) is 81.9 Å². The normalized spacial score (nSPS) is 17.4. The first-order valence-electron chi connectivity index (χ1n) is 10.9. The second kappa shape index (κ2) is 12.7. The lowest BCUT2D eigenvalue weighted by molar-refractivity contribution is 0.501. The summed E-state index contributed by atoms with van der Waals surface area (Å²) in [5.41, 5.74) is 5.45. The minimum Gasteiger partial charge on any atom is -0.436 e. The quantitative estimate of drug-likeness (QED) is 0.324. The van der Waals surface area contributed by atoms with Gasteiger partial charge in [0.05, 0.1) is 0 Å². The maximum absolute atomic E-state index is 9.59. The molecule has 1 aliphatic rings. The van der Waals surface area contributed by atoms with Gasteiger partial charge in [0.2, 0.25) is 0 Å². The summed E-state index contributed by atoms with van der Waals surface area (Å²) in [6, 6.07) is 6.34. The standard InChI is InChI=1S/C24H36ClO2P/c1-4-7-10-19-13-14-24(27-28(25)26)23(15-19)18-22-17-20(11-8-5-2)16-21(22)12-9-6-3/h13-17,21,26H,4-12,18H2,1-3H3. The molecule has 0 radical (unpaired) electrons. The van der Waals surface area contributed by atoms with E-state index in [9.17, 15) is 4.89 Å². The molecule has 0 saturated carbocycles. The monoisotopic (exact) mass is 422 g/mol. The van der Waals surface area contributed by atoms with Gasteiger partial charge in [-0.25, -0.2) is 0 Å². The van der Waals surface area contributed by atoms with E-state index in [-0.39, 0.29) is 0 Å². The van der Waals surface area contributed by atoms with Crippen LogP contribution in [-0.2, 0) is 12.8 Å². The summed E-state index contributed by atoms with van der Waals surface area (Å²) < 4.78 is 5.56. The molecular weight excluding hydrogens is 387 g/mol. The molecule has 2 rings (SSSR count). The van der Waals surface area contributed by atoms with E-state index in [4.69, 9.17) is 15.8 Å². The summed E-state index contributed by atoms with van der Waals surface area (Å²) in [4.78, 5) is 9.59. The summed E-state index contributed by atoms with van der Waals surface area (Å²) in [5.74, 6) is 1.26. The highest BCUT2D eigenvalue weighted by molar-refractivity contribution is 7.75. The highest BCUT2D eigenvalue weighted by Gasteiger charge is 2.21. The molecule has 0 saturated heterocycles. The fourth-order valence-corrected chi connectivity index (χ4v) is 4.43. The molecule has 1 N–H and O–H groups in total. The number of rotatable bonds is 13. The molecule has 2 atom stereocenters. The van der Waals surface area contributed by atoms with Crippen molar-refractivity contribution >= 4 is 19.0 Å². The highest BCUT2D eigenvalue weighted by atomic mass is 35.7. The Kier molecular flexibility index (Phi) is 10.6. The van der Waals surface area contributed by atoms with Crippen molar-refractivity contribution in [2.75, 3.05) is 0 Å². The van der Waals surface area contributed by atoms with Crippen LogP contribution in [0.1, 0.15) is 83.3 Å². The van der Waals surface area contributed by atoms with E-state index in [1.165, 1.54) is 68.1 Å². The van der Waals surface area contributed by atoms with Crippen LogP contribution in [0.3, 0.4) is 0 Å². The first kappa shape index (κ1) is 23.5. The molecule has 28 heavy (non-hydrogen) atoms. The smallest absolute Gasteiger partial charge is 0.335 e. The maximum atomic E-state index is 9.59. The predicted octanol–water partition coefficient (Wildman–Crippen LogP) is 8.27. The van der Waals surface area contributed by atoms with Crippen molar-refractivity contribution in [2.45, 2.75) is 85.0 Å². The largest absolute Gasteiger partial charge is 0.436 e. The van der Waals surface area contributed by atoms with E-state index in [0.717, 1.165) is 24.2 Å². The van der Waals surface area contributed by atoms with Crippen molar-refractivity contribution in [1.82, 2.24) is 0 Å². The van der Waals surface area contributed by atoms with Crippen LogP contribution in [0.2, 0.25) is 0 Å². The maximum Gasteiger partial charge on any atom is 0.335 e. The van der Waals surface area contributed by atoms with Gasteiger partial charge in [-0.2, -0.15) is 0 Å². The van der Waals surface area contributed by atoms with Gasteiger partial charge in [0, 0.05) is 0 Å². The molecule has 1 aliphatic carbocycles. The Labute approximate surface area is 177 Å². The summed E-state index contributed by atoms with van der Waals surface area (Å²) in [6.07, 6.45) is 16.6. The molecule has 0 amide bonds. The Bertz CT molecular complexity index is 667. The van der Waals surface area contributed by atoms with Crippen molar-refractivity contribution in [3.63, 3.8) is 0 Å². The molecule has 0 bridgehead atoms. The van der Waals surface area contributed by atoms with Crippen molar-refractivity contribution < 1.29 is 9.42 Å². The van der Waals surface area contributed by atoms with Gasteiger partial charge >= 0.3 is 7.73 Å². The van der Waals surface area contributed by atoms with Crippen LogP contribution < -0.4 is 4.52 Å². The van der Waals surface area contributed by atoms with E-state index >= 15 is 0 Å². The van der Waals surface area contributed by atoms with Crippen LogP contribution in [0.5, 0.6) is 5.75 Å². The van der Waals surface area contributed by atoms with E-state index in [1.807, 2.05) is 6.07 Å². The molecule has 1 aromatic carbocycles. The topological polar surface area (TPSA) is 29.5 Å². The molecular formula is C24H36ClO2P. The van der Waals surface area contributed by atoms with Gasteiger partial charge in [0.15, 0.2) is 0 Å². The van der Waals surface area contributed by atoms with Crippen molar-refractivity contribution in [1.29, 1.82) is 0 Å². The molecule has 1 aromatic rings. The minimum absolute atomic E-state index is 0.533. The van der Waals surface area contributed by atoms with E-state index in [1.54, 1.807) is 0 Å². The van der Waals surface area contributed by atoms with Gasteiger partial charge in [0.1, 0.15) is 5.75 Å². The number of halogens is 1. The van der Waals surface area contributed by atoms with E-state index in [2.05, 4.69) is 45.1 Å². The Morgan fingerprint density at radius 2 is 1.75 bits per heavy atom. The highest BCUT2D eigenvalue weighted by Crippen LogP contribution is 2.42. The zero-order valence-corrected chi connectivity index (χ0v) is 19.4. The molecule has 156 valence electrons. The van der Waals surface area contributed by atoms with Crippen LogP contribution in [-0.4, -0.2) is 4.89 Å². The first-order valence-corrected chi connectivity index (χ1v) is 13.0. The molecule has 0 spiro atoms. The average molecular weight is 423 g/mol. The molecule has 0 aliphatic heterocycles. The van der Waals surface area contributed by atoms with E-state index in [0.29, 0.717) is 5.92 Å². The molecule has 0 heterocycles. The third kappa shape index (κ3) is 7.54. The van der Waals surface area contributed by atoms with Crippen LogP contribution in [0, 0.1) is 5.92 Å². The second-order valence-corrected chi connectivity index (χ2v) is 9.36. The fraction of sp³-hybridized carbons (Fsp3) is 0.583. The Morgan fingerprint density at radius 3 is 2.43 bits per heavy atom. The van der Waals surface area contributed by atoms with Crippen molar-refractivity contribution in [2.24, 2.45) is 5.92 Å². The number of allylic oxidation sites excluding steroid dienone is 4. The Hall–Kier alpha value is -0.820. The third-order valence-electron chi connectivity index (χ3n) is 5.46. The van der Waals surface area contributed by atoms with Crippen molar-refractivity contribution in [3.8, 4) is 5.75 Å². The van der Waals surface area contributed by atoms with E-state index < -0.39 is 7.73 Å².